The van der Waals surface area contributed by atoms with E-state index in [1.807, 2.05) is 14.0 Å². The minimum Gasteiger partial charge on any atom is -0.294 e. The summed E-state index contributed by atoms with van der Waals surface area (Å²) in [6, 6.07) is 0. The third-order valence-corrected chi connectivity index (χ3v) is 3.77. The van der Waals surface area contributed by atoms with E-state index in [-0.39, 0.29) is 0 Å². The van der Waals surface area contributed by atoms with Gasteiger partial charge in [-0.1, -0.05) is 11.3 Å². The molecular formula is C9H11ClN4S2. The van der Waals surface area contributed by atoms with E-state index in [0.29, 0.717) is 4.47 Å². The molecule has 86 valence electrons. The summed E-state index contributed by atoms with van der Waals surface area (Å²) in [5.74, 6) is 0. The van der Waals surface area contributed by atoms with Gasteiger partial charge in [-0.05, 0) is 25.6 Å². The molecule has 0 radical (unpaired) electrons. The van der Waals surface area contributed by atoms with Crippen LogP contribution in [0.5, 0.6) is 0 Å². The Bertz CT molecular complexity index is 425. The normalized spacial score (nSPS) is 11.2. The first-order valence-electron chi connectivity index (χ1n) is 4.71. The van der Waals surface area contributed by atoms with Gasteiger partial charge in [0.05, 0.1) is 17.2 Å². The van der Waals surface area contributed by atoms with Crippen molar-refractivity contribution in [3.05, 3.63) is 25.6 Å². The fraction of sp³-hybridized carbons (Fsp3) is 0.444. The highest BCUT2D eigenvalue weighted by Gasteiger charge is 2.07. The third kappa shape index (κ3) is 3.21. The van der Waals surface area contributed by atoms with Crippen molar-refractivity contribution in [3.8, 4) is 0 Å². The Labute approximate surface area is 107 Å². The predicted octanol–water partition coefficient (Wildman–Crippen LogP) is 2.59. The molecule has 0 saturated heterocycles. The van der Waals surface area contributed by atoms with Crippen LogP contribution in [-0.2, 0) is 13.1 Å². The van der Waals surface area contributed by atoms with Crippen LogP contribution >= 0.6 is 34.3 Å². The number of aryl methyl sites for hydroxylation is 1. The summed E-state index contributed by atoms with van der Waals surface area (Å²) in [5.41, 5.74) is 1.10. The number of hydrogen-bond donors (Lipinski definition) is 0. The summed E-state index contributed by atoms with van der Waals surface area (Å²) in [6.45, 7) is 3.58. The average Bonchev–Trinajstić information content (AvgIpc) is 2.76. The van der Waals surface area contributed by atoms with Crippen LogP contribution in [0.3, 0.4) is 0 Å². The van der Waals surface area contributed by atoms with Gasteiger partial charge in [-0.2, -0.15) is 0 Å². The Kier molecular flexibility index (Phi) is 3.86. The van der Waals surface area contributed by atoms with Crippen LogP contribution in [0.4, 0.5) is 0 Å². The van der Waals surface area contributed by atoms with Gasteiger partial charge in [0.1, 0.15) is 5.01 Å². The summed E-state index contributed by atoms with van der Waals surface area (Å²) in [5, 5.41) is 11.9. The number of hydrogen-bond acceptors (Lipinski definition) is 6. The number of thiazole rings is 1. The second kappa shape index (κ2) is 5.18. The van der Waals surface area contributed by atoms with Crippen molar-refractivity contribution >= 4 is 34.3 Å². The highest BCUT2D eigenvalue weighted by Crippen LogP contribution is 2.17. The first-order chi connectivity index (χ1) is 7.63. The van der Waals surface area contributed by atoms with Crippen LogP contribution in [0.1, 0.15) is 15.7 Å². The first-order valence-corrected chi connectivity index (χ1v) is 6.78. The number of rotatable bonds is 4. The van der Waals surface area contributed by atoms with Gasteiger partial charge in [0.15, 0.2) is 0 Å². The summed E-state index contributed by atoms with van der Waals surface area (Å²) in [7, 11) is 2.03. The van der Waals surface area contributed by atoms with E-state index in [0.717, 1.165) is 28.8 Å². The molecule has 2 aromatic rings. The summed E-state index contributed by atoms with van der Waals surface area (Å²) in [4.78, 5) is 6.56. The smallest absolute Gasteiger partial charge is 0.207 e. The number of halogens is 1. The van der Waals surface area contributed by atoms with Gasteiger partial charge in [0.25, 0.3) is 0 Å². The van der Waals surface area contributed by atoms with Crippen LogP contribution in [0, 0.1) is 6.92 Å². The zero-order valence-corrected chi connectivity index (χ0v) is 11.4. The molecule has 2 rings (SSSR count). The lowest BCUT2D eigenvalue weighted by molar-refractivity contribution is 0.314. The van der Waals surface area contributed by atoms with E-state index < -0.39 is 0 Å². The molecule has 0 fully saturated rings. The topological polar surface area (TPSA) is 41.9 Å². The van der Waals surface area contributed by atoms with Crippen molar-refractivity contribution in [2.75, 3.05) is 7.05 Å². The fourth-order valence-corrected chi connectivity index (χ4v) is 2.89. The molecule has 0 unspecified atom stereocenters. The fourth-order valence-electron chi connectivity index (χ4n) is 1.34. The molecule has 0 aliphatic heterocycles. The van der Waals surface area contributed by atoms with Crippen molar-refractivity contribution in [2.24, 2.45) is 0 Å². The Morgan fingerprint density at radius 1 is 1.38 bits per heavy atom. The molecule has 2 aromatic heterocycles. The second-order valence-electron chi connectivity index (χ2n) is 3.48. The molecule has 0 aliphatic carbocycles. The maximum atomic E-state index is 5.72. The quantitative estimate of drug-likeness (QED) is 0.859. The molecule has 0 bridgehead atoms. The van der Waals surface area contributed by atoms with Gasteiger partial charge in [-0.15, -0.1) is 21.5 Å². The monoisotopic (exact) mass is 274 g/mol. The molecule has 0 saturated carbocycles. The van der Waals surface area contributed by atoms with Crippen molar-refractivity contribution in [1.29, 1.82) is 0 Å². The Morgan fingerprint density at radius 2 is 2.19 bits per heavy atom. The molecule has 0 atom stereocenters. The van der Waals surface area contributed by atoms with Crippen LogP contribution in [0.15, 0.2) is 5.38 Å². The van der Waals surface area contributed by atoms with Gasteiger partial charge in [0.2, 0.25) is 4.47 Å². The standard InChI is InChI=1S/C9H11ClN4S2/c1-6-11-7(5-15-6)3-14(2)4-8-12-13-9(10)16-8/h5H,3-4H2,1-2H3. The molecule has 7 heteroatoms. The maximum absolute atomic E-state index is 5.72. The van der Waals surface area contributed by atoms with Gasteiger partial charge in [-0.25, -0.2) is 4.98 Å². The largest absolute Gasteiger partial charge is 0.294 e. The average molecular weight is 275 g/mol. The zero-order valence-electron chi connectivity index (χ0n) is 8.97. The second-order valence-corrected chi connectivity index (χ2v) is 6.19. The van der Waals surface area contributed by atoms with E-state index >= 15 is 0 Å². The van der Waals surface area contributed by atoms with Crippen LogP contribution in [0.25, 0.3) is 0 Å². The number of aromatic nitrogens is 3. The Balaban J connectivity index is 1.91. The highest BCUT2D eigenvalue weighted by atomic mass is 35.5. The summed E-state index contributed by atoms with van der Waals surface area (Å²) >= 11 is 8.81. The first kappa shape index (κ1) is 11.9. The lowest BCUT2D eigenvalue weighted by Crippen LogP contribution is -2.17. The lowest BCUT2D eigenvalue weighted by atomic mass is 10.4. The van der Waals surface area contributed by atoms with Gasteiger partial charge in [-0.3, -0.25) is 4.90 Å². The molecule has 4 nitrogen and oxygen atoms in total. The molecule has 2 heterocycles. The van der Waals surface area contributed by atoms with E-state index in [9.17, 15) is 0 Å². The van der Waals surface area contributed by atoms with Crippen molar-refractivity contribution < 1.29 is 0 Å². The molecule has 0 amide bonds. The molecular weight excluding hydrogens is 264 g/mol. The van der Waals surface area contributed by atoms with Gasteiger partial charge < -0.3 is 0 Å². The van der Waals surface area contributed by atoms with Crippen LogP contribution in [-0.4, -0.2) is 27.1 Å². The maximum Gasteiger partial charge on any atom is 0.207 e. The third-order valence-electron chi connectivity index (χ3n) is 1.95. The van der Waals surface area contributed by atoms with E-state index in [4.69, 9.17) is 11.6 Å². The minimum atomic E-state index is 0.493. The predicted molar refractivity (Wildman–Crippen MR) is 66.9 cm³/mol. The van der Waals surface area contributed by atoms with Crippen molar-refractivity contribution in [3.63, 3.8) is 0 Å². The summed E-state index contributed by atoms with van der Waals surface area (Å²) in [6.07, 6.45) is 0. The van der Waals surface area contributed by atoms with Gasteiger partial charge in [0, 0.05) is 11.9 Å². The SMILES string of the molecule is Cc1nc(CN(C)Cc2nnc(Cl)s2)cs1. The van der Waals surface area contributed by atoms with Gasteiger partial charge >= 0.3 is 0 Å². The van der Waals surface area contributed by atoms with Crippen LogP contribution in [0.2, 0.25) is 4.47 Å². The lowest BCUT2D eigenvalue weighted by Gasteiger charge is -2.12. The molecule has 0 N–H and O–H groups in total. The Hall–Kier alpha value is -0.560. The van der Waals surface area contributed by atoms with Crippen molar-refractivity contribution in [2.45, 2.75) is 20.0 Å². The van der Waals surface area contributed by atoms with Crippen LogP contribution < -0.4 is 0 Å². The molecule has 0 aromatic carbocycles. The highest BCUT2D eigenvalue weighted by molar-refractivity contribution is 7.15. The van der Waals surface area contributed by atoms with E-state index in [1.54, 1.807) is 11.3 Å². The minimum absolute atomic E-state index is 0.493. The molecule has 0 aliphatic rings. The van der Waals surface area contributed by atoms with E-state index in [1.165, 1.54) is 11.3 Å². The van der Waals surface area contributed by atoms with E-state index in [2.05, 4.69) is 25.5 Å². The molecule has 0 spiro atoms. The zero-order chi connectivity index (χ0) is 11.5. The Morgan fingerprint density at radius 3 is 2.75 bits per heavy atom. The number of nitrogens with zero attached hydrogens (tertiary/aromatic N) is 4. The van der Waals surface area contributed by atoms with Crippen molar-refractivity contribution in [1.82, 2.24) is 20.1 Å². The summed E-state index contributed by atoms with van der Waals surface area (Å²) < 4.78 is 0.493. The molecule has 16 heavy (non-hydrogen) atoms.